The highest BCUT2D eigenvalue weighted by Gasteiger charge is 2.25. The Morgan fingerprint density at radius 1 is 1.30 bits per heavy atom. The molecule has 30 heavy (non-hydrogen) atoms. The summed E-state index contributed by atoms with van der Waals surface area (Å²) in [6.07, 6.45) is 1.05. The molecule has 8 heteroatoms. The van der Waals surface area contributed by atoms with Gasteiger partial charge in [-0.05, 0) is 51.5 Å². The van der Waals surface area contributed by atoms with Crippen LogP contribution in [0.4, 0.5) is 5.13 Å². The number of aromatic amines is 1. The first-order valence-electron chi connectivity index (χ1n) is 10.5. The average molecular weight is 433 g/mol. The molecule has 7 nitrogen and oxygen atoms in total. The number of thiazole rings is 1. The van der Waals surface area contributed by atoms with E-state index in [-0.39, 0.29) is 12.0 Å². The van der Waals surface area contributed by atoms with Crippen LogP contribution >= 0.6 is 11.3 Å². The van der Waals surface area contributed by atoms with Gasteiger partial charge in [-0.25, -0.2) is 9.78 Å². The number of carbonyl (C=O) groups is 2. The zero-order valence-corrected chi connectivity index (χ0v) is 19.5. The molecule has 164 valence electrons. The van der Waals surface area contributed by atoms with Crippen LogP contribution in [0.25, 0.3) is 0 Å². The Hall–Kier alpha value is -2.19. The average Bonchev–Trinajstić information content (AvgIpc) is 3.16. The molecular weight excluding hydrogens is 400 g/mol. The summed E-state index contributed by atoms with van der Waals surface area (Å²) in [6, 6.07) is 0. The van der Waals surface area contributed by atoms with Gasteiger partial charge in [0, 0.05) is 30.7 Å². The van der Waals surface area contributed by atoms with Gasteiger partial charge in [0.2, 0.25) is 0 Å². The van der Waals surface area contributed by atoms with Gasteiger partial charge in [-0.15, -0.1) is 11.3 Å². The first kappa shape index (κ1) is 22.5. The van der Waals surface area contributed by atoms with Gasteiger partial charge >= 0.3 is 5.97 Å². The molecule has 0 aromatic carbocycles. The van der Waals surface area contributed by atoms with Crippen molar-refractivity contribution in [3.05, 3.63) is 33.6 Å². The van der Waals surface area contributed by atoms with Crippen LogP contribution < -0.4 is 5.32 Å². The number of ether oxygens (including phenoxy) is 1. The Labute approximate surface area is 182 Å². The van der Waals surface area contributed by atoms with E-state index in [9.17, 15) is 9.59 Å². The highest BCUT2D eigenvalue weighted by molar-refractivity contribution is 7.14. The number of aromatic nitrogens is 2. The number of likely N-dealkylation sites (tertiary alicyclic amines) is 1. The SMILES string of the molecule is Cc1[nH]c(C(=O)Nc2nc(CN3CC(C)CC(C)C3)cs2)c(C)c1C(=O)OC(C)C. The number of piperidine rings is 1. The standard InChI is InChI=1S/C22H32N4O3S/c1-12(2)29-21(28)18-15(5)19(23-16(18)6)20(27)25-22-24-17(11-30-22)10-26-8-13(3)7-14(4)9-26/h11-14,23H,7-10H2,1-6H3,(H,24,25,27). The summed E-state index contributed by atoms with van der Waals surface area (Å²) in [5.41, 5.74) is 2.96. The first-order chi connectivity index (χ1) is 14.1. The maximum Gasteiger partial charge on any atom is 0.340 e. The van der Waals surface area contributed by atoms with E-state index in [0.717, 1.165) is 25.3 Å². The van der Waals surface area contributed by atoms with Crippen LogP contribution in [0.15, 0.2) is 5.38 Å². The predicted octanol–water partition coefficient (Wildman–Crippen LogP) is 4.38. The van der Waals surface area contributed by atoms with E-state index in [4.69, 9.17) is 4.74 Å². The van der Waals surface area contributed by atoms with Crippen molar-refractivity contribution in [2.45, 2.75) is 60.6 Å². The first-order valence-corrected chi connectivity index (χ1v) is 11.4. The Bertz CT molecular complexity index is 908. The lowest BCUT2D eigenvalue weighted by atomic mass is 9.92. The minimum Gasteiger partial charge on any atom is -0.459 e. The van der Waals surface area contributed by atoms with Gasteiger partial charge in [0.1, 0.15) is 5.69 Å². The van der Waals surface area contributed by atoms with Crippen molar-refractivity contribution >= 4 is 28.3 Å². The predicted molar refractivity (Wildman–Crippen MR) is 119 cm³/mol. The maximum absolute atomic E-state index is 12.8. The van der Waals surface area contributed by atoms with E-state index in [2.05, 4.69) is 34.0 Å². The fraction of sp³-hybridized carbons (Fsp3) is 0.591. The quantitative estimate of drug-likeness (QED) is 0.661. The van der Waals surface area contributed by atoms with E-state index < -0.39 is 5.97 Å². The highest BCUT2D eigenvalue weighted by atomic mass is 32.1. The van der Waals surface area contributed by atoms with Crippen LogP contribution in [-0.2, 0) is 11.3 Å². The molecule has 0 radical (unpaired) electrons. The van der Waals surface area contributed by atoms with Gasteiger partial charge in [0.25, 0.3) is 5.91 Å². The van der Waals surface area contributed by atoms with E-state index >= 15 is 0 Å². The second-order valence-electron chi connectivity index (χ2n) is 8.82. The highest BCUT2D eigenvalue weighted by Crippen LogP contribution is 2.25. The number of hydrogen-bond acceptors (Lipinski definition) is 6. The summed E-state index contributed by atoms with van der Waals surface area (Å²) in [7, 11) is 0. The molecule has 1 amide bonds. The Balaban J connectivity index is 1.66. The maximum atomic E-state index is 12.8. The molecule has 0 aliphatic carbocycles. The molecule has 0 spiro atoms. The zero-order valence-electron chi connectivity index (χ0n) is 18.7. The molecular formula is C22H32N4O3S. The van der Waals surface area contributed by atoms with Crippen LogP contribution in [0.3, 0.4) is 0 Å². The Kier molecular flexibility index (Phi) is 6.98. The third-order valence-corrected chi connectivity index (χ3v) is 6.12. The van der Waals surface area contributed by atoms with Crippen molar-refractivity contribution in [2.75, 3.05) is 18.4 Å². The van der Waals surface area contributed by atoms with E-state index in [1.165, 1.54) is 17.8 Å². The number of rotatable bonds is 6. The van der Waals surface area contributed by atoms with Gasteiger partial charge in [0.15, 0.2) is 5.13 Å². The lowest BCUT2D eigenvalue weighted by molar-refractivity contribution is 0.0376. The van der Waals surface area contributed by atoms with E-state index in [0.29, 0.717) is 39.5 Å². The van der Waals surface area contributed by atoms with E-state index in [1.807, 2.05) is 5.38 Å². The van der Waals surface area contributed by atoms with Crippen molar-refractivity contribution in [1.29, 1.82) is 0 Å². The molecule has 1 fully saturated rings. The fourth-order valence-electron chi connectivity index (χ4n) is 4.30. The van der Waals surface area contributed by atoms with Crippen molar-refractivity contribution < 1.29 is 14.3 Å². The fourth-order valence-corrected chi connectivity index (χ4v) is 5.00. The number of aryl methyl sites for hydroxylation is 1. The van der Waals surface area contributed by atoms with Crippen molar-refractivity contribution in [3.63, 3.8) is 0 Å². The molecule has 2 atom stereocenters. The number of anilines is 1. The summed E-state index contributed by atoms with van der Waals surface area (Å²) in [6.45, 7) is 14.7. The molecule has 1 saturated heterocycles. The number of esters is 1. The molecule has 3 rings (SSSR count). The summed E-state index contributed by atoms with van der Waals surface area (Å²) in [4.78, 5) is 35.2. The molecule has 2 aromatic heterocycles. The van der Waals surface area contributed by atoms with Crippen LogP contribution in [0.1, 0.15) is 71.9 Å². The minimum absolute atomic E-state index is 0.219. The van der Waals surface area contributed by atoms with Gasteiger partial charge in [-0.3, -0.25) is 15.0 Å². The lowest BCUT2D eigenvalue weighted by Crippen LogP contribution is -2.38. The summed E-state index contributed by atoms with van der Waals surface area (Å²) in [5, 5.41) is 5.42. The third-order valence-electron chi connectivity index (χ3n) is 5.31. The molecule has 2 unspecified atom stereocenters. The summed E-state index contributed by atoms with van der Waals surface area (Å²) >= 11 is 1.42. The molecule has 1 aliphatic heterocycles. The van der Waals surface area contributed by atoms with Crippen molar-refractivity contribution in [3.8, 4) is 0 Å². The molecule has 2 N–H and O–H groups in total. The van der Waals surface area contributed by atoms with Gasteiger partial charge in [-0.2, -0.15) is 0 Å². The van der Waals surface area contributed by atoms with Gasteiger partial charge in [-0.1, -0.05) is 13.8 Å². The molecule has 1 aliphatic rings. The number of H-pyrrole nitrogens is 1. The monoisotopic (exact) mass is 432 g/mol. The summed E-state index contributed by atoms with van der Waals surface area (Å²) in [5.74, 6) is 0.668. The molecule has 3 heterocycles. The second kappa shape index (κ2) is 9.31. The minimum atomic E-state index is -0.420. The zero-order chi connectivity index (χ0) is 22.0. The van der Waals surface area contributed by atoms with Crippen LogP contribution in [0.2, 0.25) is 0 Å². The van der Waals surface area contributed by atoms with Gasteiger partial charge < -0.3 is 9.72 Å². The normalized spacial score (nSPS) is 19.8. The largest absolute Gasteiger partial charge is 0.459 e. The Morgan fingerprint density at radius 3 is 2.60 bits per heavy atom. The topological polar surface area (TPSA) is 87.3 Å². The van der Waals surface area contributed by atoms with Crippen LogP contribution in [0.5, 0.6) is 0 Å². The number of carbonyl (C=O) groups excluding carboxylic acids is 2. The number of amides is 1. The number of hydrogen-bond donors (Lipinski definition) is 2. The smallest absolute Gasteiger partial charge is 0.340 e. The summed E-state index contributed by atoms with van der Waals surface area (Å²) < 4.78 is 5.29. The lowest BCUT2D eigenvalue weighted by Gasteiger charge is -2.34. The van der Waals surface area contributed by atoms with Gasteiger partial charge in [0.05, 0.1) is 17.4 Å². The van der Waals surface area contributed by atoms with Crippen LogP contribution in [0, 0.1) is 25.7 Å². The molecule has 0 bridgehead atoms. The third kappa shape index (κ3) is 5.29. The number of nitrogens with one attached hydrogen (secondary N) is 2. The number of nitrogens with zero attached hydrogens (tertiary/aromatic N) is 2. The van der Waals surface area contributed by atoms with Crippen molar-refractivity contribution in [1.82, 2.24) is 14.9 Å². The van der Waals surface area contributed by atoms with E-state index in [1.54, 1.807) is 27.7 Å². The molecule has 2 aromatic rings. The Morgan fingerprint density at radius 2 is 1.97 bits per heavy atom. The van der Waals surface area contributed by atoms with Crippen molar-refractivity contribution in [2.24, 2.45) is 11.8 Å². The van der Waals surface area contributed by atoms with Crippen LogP contribution in [-0.4, -0.2) is 45.9 Å². The second-order valence-corrected chi connectivity index (χ2v) is 9.68. The molecule has 0 saturated carbocycles.